The summed E-state index contributed by atoms with van der Waals surface area (Å²) < 4.78 is 58.9. The molecule has 0 N–H and O–H groups in total. The number of rotatable bonds is 2. The van der Waals surface area contributed by atoms with Crippen molar-refractivity contribution < 1.29 is 152 Å². The van der Waals surface area contributed by atoms with Crippen molar-refractivity contribution in [2.45, 2.75) is 6.92 Å². The van der Waals surface area contributed by atoms with Crippen molar-refractivity contribution in [1.29, 1.82) is 0 Å². The fourth-order valence-electron chi connectivity index (χ4n) is 0.102. The summed E-state index contributed by atoms with van der Waals surface area (Å²) in [7, 11) is 0. The third-order valence-corrected chi connectivity index (χ3v) is 2.83. The van der Waals surface area contributed by atoms with E-state index >= 15 is 0 Å². The van der Waals surface area contributed by atoms with Crippen molar-refractivity contribution in [3.63, 3.8) is 0 Å². The average molecular weight is 344 g/mol. The van der Waals surface area contributed by atoms with E-state index in [1.807, 2.05) is 0 Å². The number of carbonyl (C=O) groups excluding carboxylic acids is 1. The van der Waals surface area contributed by atoms with Crippen LogP contribution in [0.1, 0.15) is 6.92 Å². The van der Waals surface area contributed by atoms with Gasteiger partial charge in [-0.3, -0.25) is 0 Å². The van der Waals surface area contributed by atoms with Crippen LogP contribution in [-0.4, -0.2) is 5.97 Å². The number of hydrogen-bond acceptors (Lipinski definition) is 9. The van der Waals surface area contributed by atoms with Crippen molar-refractivity contribution in [1.82, 2.24) is 0 Å². The maximum atomic E-state index is 9.38. The molecule has 0 saturated heterocycles. The molecule has 0 heterocycles. The topological polar surface area (TPSA) is 164 Å². The van der Waals surface area contributed by atoms with Gasteiger partial charge in [-0.2, -0.15) is 0 Å². The van der Waals surface area contributed by atoms with Gasteiger partial charge in [-0.15, -0.1) is 0 Å². The zero-order chi connectivity index (χ0) is 11.3. The summed E-state index contributed by atoms with van der Waals surface area (Å²) >= 11 is -12.1. The molecule has 0 radical (unpaired) electrons. The first-order valence-electron chi connectivity index (χ1n) is 2.24. The summed E-state index contributed by atoms with van der Waals surface area (Å²) in [5.74, 6) is -1.08. The van der Waals surface area contributed by atoms with Gasteiger partial charge in [-0.05, 0) is 6.92 Å². The summed E-state index contributed by atoms with van der Waals surface area (Å²) in [6.07, 6.45) is 0. The molecule has 14 heteroatoms. The van der Waals surface area contributed by atoms with E-state index in [0.29, 0.717) is 0 Å². The van der Waals surface area contributed by atoms with Gasteiger partial charge < -0.3 is 9.90 Å². The Balaban J connectivity index is -0.0000000511. The second-order valence-corrected chi connectivity index (χ2v) is 5.01. The summed E-state index contributed by atoms with van der Waals surface area (Å²) in [4.78, 5) is 8.89. The quantitative estimate of drug-likeness (QED) is 0.442. The Morgan fingerprint density at radius 1 is 0.938 bits per heavy atom. The van der Waals surface area contributed by atoms with Crippen LogP contribution >= 0.6 is 0 Å². The van der Waals surface area contributed by atoms with Gasteiger partial charge in [0.25, 0.3) is 0 Å². The van der Waals surface area contributed by atoms with Gasteiger partial charge in [-0.1, -0.05) is 0 Å². The van der Waals surface area contributed by atoms with E-state index < -0.39 is 33.2 Å². The van der Waals surface area contributed by atoms with Gasteiger partial charge in [0, 0.05) is 5.97 Å². The Morgan fingerprint density at radius 2 is 1.06 bits per heavy atom. The third kappa shape index (κ3) is 54.6. The van der Waals surface area contributed by atoms with E-state index in [4.69, 9.17) is 9.90 Å². The van der Waals surface area contributed by atoms with E-state index in [2.05, 4.69) is 2.84 Å². The predicted octanol–water partition coefficient (Wildman–Crippen LogP) is -13.2. The van der Waals surface area contributed by atoms with Crippen molar-refractivity contribution >= 4 is 5.97 Å². The molecular weight excluding hydrogens is 341 g/mol. The number of carboxylic acid groups (broad SMARTS) is 1. The van der Waals surface area contributed by atoms with Gasteiger partial charge >= 0.3 is 142 Å². The van der Waals surface area contributed by atoms with Crippen LogP contribution in [0.3, 0.4) is 0 Å². The Labute approximate surface area is 162 Å². The normalized spacial score (nSPS) is 9.19. The predicted molar refractivity (Wildman–Crippen MR) is 14.5 cm³/mol. The third-order valence-electron chi connectivity index (χ3n) is 0.167. The van der Waals surface area contributed by atoms with Crippen LogP contribution < -0.4 is 102 Å². The Hall–Kier alpha value is 2.61. The number of aliphatic carboxylic acids is 1. The zero-order valence-electron chi connectivity index (χ0n) is 8.99. The molecule has 0 spiro atoms. The molecule has 0 amide bonds. The SMILES string of the molecule is CC(=O)[O-].[Na+].[Na+].[Na+].[O]=[Cr](=[O])([O-])[O][Cr](=[O])(=[O])[O-]. The van der Waals surface area contributed by atoms with Crippen molar-refractivity contribution in [3.8, 4) is 0 Å². The first-order chi connectivity index (χ1) is 5.44. The second kappa shape index (κ2) is 14.0. The standard InChI is InChI=1S/C2H4O2.2Cr.3Na.7O/c1-2(3)4;;;;;;;;;;;;/h1H3,(H,3,4);;;;;;;;;;;;/q;;;3*+1;;;;;;2*-1/p-1. The summed E-state index contributed by atoms with van der Waals surface area (Å²) in [6, 6.07) is 0. The van der Waals surface area contributed by atoms with Crippen molar-refractivity contribution in [2.75, 3.05) is 0 Å². The Morgan fingerprint density at radius 3 is 1.06 bits per heavy atom. The number of carboxylic acids is 1. The fraction of sp³-hybridized carbons (Fsp3) is 0.500. The molecule has 0 atom stereocenters. The number of hydrogen-bond donors (Lipinski definition) is 0. The molecule has 0 saturated carbocycles. The Bertz CT molecular complexity index is 322. The summed E-state index contributed by atoms with van der Waals surface area (Å²) in [6.45, 7) is 0.972. The second-order valence-electron chi connectivity index (χ2n) is 1.38. The first-order valence-corrected chi connectivity index (χ1v) is 6.41. The Kier molecular flexibility index (Phi) is 27.3. The van der Waals surface area contributed by atoms with Gasteiger partial charge in [0.1, 0.15) is 0 Å². The fourth-order valence-corrected chi connectivity index (χ4v) is 1.74. The van der Waals surface area contributed by atoms with Gasteiger partial charge in [0.2, 0.25) is 0 Å². The van der Waals surface area contributed by atoms with Crippen LogP contribution in [0.4, 0.5) is 0 Å². The van der Waals surface area contributed by atoms with Crippen LogP contribution in [0.25, 0.3) is 0 Å². The molecule has 9 nitrogen and oxygen atoms in total. The van der Waals surface area contributed by atoms with E-state index in [1.165, 1.54) is 0 Å². The van der Waals surface area contributed by atoms with E-state index in [1.54, 1.807) is 0 Å². The molecule has 0 bridgehead atoms. The van der Waals surface area contributed by atoms with Crippen LogP contribution in [0.15, 0.2) is 0 Å². The maximum absolute atomic E-state index is 9.38. The van der Waals surface area contributed by atoms with Crippen LogP contribution in [-0.2, 0) is 50.1 Å². The summed E-state index contributed by atoms with van der Waals surface area (Å²) in [5, 5.41) is 8.89. The van der Waals surface area contributed by atoms with E-state index in [-0.39, 0.29) is 88.7 Å². The minimum atomic E-state index is -6.07. The van der Waals surface area contributed by atoms with Crippen molar-refractivity contribution in [3.05, 3.63) is 0 Å². The van der Waals surface area contributed by atoms with Gasteiger partial charge in [-0.25, -0.2) is 0 Å². The van der Waals surface area contributed by atoms with Crippen molar-refractivity contribution in [2.24, 2.45) is 0 Å². The molecule has 0 rings (SSSR count). The summed E-state index contributed by atoms with van der Waals surface area (Å²) in [5.41, 5.74) is 0. The molecule has 0 aliphatic rings. The van der Waals surface area contributed by atoms with Crippen LogP contribution in [0.5, 0.6) is 0 Å². The minimum absolute atomic E-state index is 0. The van der Waals surface area contributed by atoms with Crippen LogP contribution in [0, 0.1) is 0 Å². The van der Waals surface area contributed by atoms with E-state index in [9.17, 15) is 23.5 Å². The monoisotopic (exact) mass is 344 g/mol. The van der Waals surface area contributed by atoms with Gasteiger partial charge in [0.05, 0.1) is 0 Å². The molecule has 0 aromatic rings. The average Bonchev–Trinajstić information content (AvgIpc) is 1.47. The van der Waals surface area contributed by atoms with Gasteiger partial charge in [0.15, 0.2) is 0 Å². The zero-order valence-corrected chi connectivity index (χ0v) is 17.5. The molecular formula is C2H3Cr2Na3O9. The first kappa shape index (κ1) is 31.2. The molecule has 0 aromatic carbocycles. The molecule has 0 aromatic heterocycles. The molecule has 0 aliphatic carbocycles. The van der Waals surface area contributed by atoms with E-state index in [0.717, 1.165) is 6.92 Å². The molecule has 0 aliphatic heterocycles. The van der Waals surface area contributed by atoms with Crippen LogP contribution in [0.2, 0.25) is 0 Å². The molecule has 80 valence electrons. The molecule has 0 fully saturated rings. The molecule has 0 unspecified atom stereocenters. The molecule has 16 heavy (non-hydrogen) atoms. The number of carbonyl (C=O) groups is 1.